The molecule has 0 unspecified atom stereocenters. The van der Waals surface area contributed by atoms with Gasteiger partial charge in [0.15, 0.2) is 5.78 Å². The summed E-state index contributed by atoms with van der Waals surface area (Å²) in [6.07, 6.45) is -8.60. The van der Waals surface area contributed by atoms with Gasteiger partial charge in [-0.2, -0.15) is 26.3 Å². The fourth-order valence-corrected chi connectivity index (χ4v) is 6.13. The SMILES string of the molecule is C[C@H]1[C@H](N2C(=O)[C@](NC(=O)c3cccc(C(F)(F)F)c3)(C(F)(F)F)C3=C2CC(C)(C)CC3=O)CCC[C@@H]1C. The Bertz CT molecular complexity index is 1200. The average Bonchev–Trinajstić information content (AvgIpc) is 3.02. The Morgan fingerprint density at radius 3 is 2.29 bits per heavy atom. The van der Waals surface area contributed by atoms with Crippen LogP contribution in [0.2, 0.25) is 0 Å². The predicted molar refractivity (Wildman–Crippen MR) is 126 cm³/mol. The number of hydrogen-bond acceptors (Lipinski definition) is 3. The maximum absolute atomic E-state index is 15.0. The van der Waals surface area contributed by atoms with Crippen LogP contribution in [0.3, 0.4) is 0 Å². The molecule has 4 rings (SSSR count). The van der Waals surface area contributed by atoms with Gasteiger partial charge in [-0.3, -0.25) is 14.4 Å². The third-order valence-corrected chi connectivity index (χ3v) is 8.23. The topological polar surface area (TPSA) is 66.5 Å². The summed E-state index contributed by atoms with van der Waals surface area (Å²) in [7, 11) is 0. The molecule has 11 heteroatoms. The zero-order valence-corrected chi connectivity index (χ0v) is 21.5. The highest BCUT2D eigenvalue weighted by Gasteiger charge is 2.72. The van der Waals surface area contributed by atoms with E-state index in [1.54, 1.807) is 19.2 Å². The van der Waals surface area contributed by atoms with E-state index in [0.29, 0.717) is 25.0 Å². The van der Waals surface area contributed by atoms with E-state index in [1.807, 2.05) is 13.8 Å². The number of ketones is 1. The second-order valence-corrected chi connectivity index (χ2v) is 11.6. The summed E-state index contributed by atoms with van der Waals surface area (Å²) < 4.78 is 84.7. The predicted octanol–water partition coefficient (Wildman–Crippen LogP) is 6.05. The molecule has 0 radical (unpaired) electrons. The number of alkyl halides is 6. The minimum Gasteiger partial charge on any atom is -0.326 e. The van der Waals surface area contributed by atoms with E-state index in [0.717, 1.165) is 23.5 Å². The van der Waals surface area contributed by atoms with Gasteiger partial charge >= 0.3 is 12.4 Å². The quantitative estimate of drug-likeness (QED) is 0.472. The lowest BCUT2D eigenvalue weighted by Crippen LogP contribution is -2.67. The van der Waals surface area contributed by atoms with Crippen molar-refractivity contribution in [3.63, 3.8) is 0 Å². The Balaban J connectivity index is 1.88. The minimum atomic E-state index is -5.43. The van der Waals surface area contributed by atoms with Gasteiger partial charge in [0.2, 0.25) is 5.54 Å². The van der Waals surface area contributed by atoms with Crippen LogP contribution >= 0.6 is 0 Å². The molecule has 1 heterocycles. The molecule has 208 valence electrons. The molecule has 1 aliphatic heterocycles. The zero-order chi connectivity index (χ0) is 28.4. The Kier molecular flexibility index (Phi) is 6.76. The van der Waals surface area contributed by atoms with Crippen molar-refractivity contribution in [1.82, 2.24) is 10.2 Å². The van der Waals surface area contributed by atoms with Crippen molar-refractivity contribution in [1.29, 1.82) is 0 Å². The summed E-state index contributed by atoms with van der Waals surface area (Å²) in [5.74, 6) is -3.99. The van der Waals surface area contributed by atoms with E-state index in [2.05, 4.69) is 0 Å². The van der Waals surface area contributed by atoms with Gasteiger partial charge in [-0.15, -0.1) is 0 Å². The summed E-state index contributed by atoms with van der Waals surface area (Å²) in [4.78, 5) is 41.5. The van der Waals surface area contributed by atoms with Crippen molar-refractivity contribution in [3.05, 3.63) is 46.7 Å². The summed E-state index contributed by atoms with van der Waals surface area (Å²) >= 11 is 0. The number of benzene rings is 1. The number of hydrogen-bond donors (Lipinski definition) is 1. The first-order valence-corrected chi connectivity index (χ1v) is 12.6. The lowest BCUT2D eigenvalue weighted by Gasteiger charge is -2.43. The second-order valence-electron chi connectivity index (χ2n) is 11.6. The number of nitrogens with zero attached hydrogens (tertiary/aromatic N) is 1. The first kappa shape index (κ1) is 28.2. The van der Waals surface area contributed by atoms with Crippen LogP contribution in [-0.2, 0) is 15.8 Å². The highest BCUT2D eigenvalue weighted by Crippen LogP contribution is 2.54. The van der Waals surface area contributed by atoms with Gasteiger partial charge in [-0.05, 0) is 48.3 Å². The number of amides is 2. The fraction of sp³-hybridized carbons (Fsp3) is 0.593. The van der Waals surface area contributed by atoms with Crippen LogP contribution in [0.25, 0.3) is 0 Å². The summed E-state index contributed by atoms with van der Waals surface area (Å²) in [5.41, 5.74) is -7.23. The number of nitrogens with one attached hydrogen (secondary N) is 1. The minimum absolute atomic E-state index is 0.00860. The van der Waals surface area contributed by atoms with E-state index in [1.165, 1.54) is 0 Å². The molecule has 0 aromatic heterocycles. The van der Waals surface area contributed by atoms with Gasteiger partial charge in [0.1, 0.15) is 0 Å². The molecular formula is C27H30F6N2O3. The molecule has 38 heavy (non-hydrogen) atoms. The van der Waals surface area contributed by atoms with Crippen molar-refractivity contribution < 1.29 is 40.7 Å². The Morgan fingerprint density at radius 2 is 1.68 bits per heavy atom. The summed E-state index contributed by atoms with van der Waals surface area (Å²) in [6, 6.07) is 2.30. The highest BCUT2D eigenvalue weighted by atomic mass is 19.4. The largest absolute Gasteiger partial charge is 0.425 e. The van der Waals surface area contributed by atoms with E-state index in [4.69, 9.17) is 0 Å². The molecule has 3 aliphatic rings. The van der Waals surface area contributed by atoms with Gasteiger partial charge in [0, 0.05) is 23.7 Å². The lowest BCUT2D eigenvalue weighted by atomic mass is 9.72. The smallest absolute Gasteiger partial charge is 0.326 e. The third-order valence-electron chi connectivity index (χ3n) is 8.23. The van der Waals surface area contributed by atoms with Crippen LogP contribution in [0.5, 0.6) is 0 Å². The van der Waals surface area contributed by atoms with Gasteiger partial charge in [-0.1, -0.05) is 46.6 Å². The van der Waals surface area contributed by atoms with Crippen LogP contribution in [0, 0.1) is 17.3 Å². The van der Waals surface area contributed by atoms with Crippen molar-refractivity contribution in [2.75, 3.05) is 0 Å². The molecular weight excluding hydrogens is 514 g/mol. The lowest BCUT2D eigenvalue weighted by molar-refractivity contribution is -0.192. The standard InChI is InChI=1S/C27H30F6N2O3/c1-14-7-5-10-18(15(14)2)35-19-12-24(3,4)13-20(36)21(19)25(23(35)38,27(31,32)33)34-22(37)16-8-6-9-17(11-16)26(28,29)30/h6,8-9,11,14-15,18H,5,7,10,12-13H2,1-4H3,(H,34,37)/t14-,15+,18+,25-/m0/s1. The van der Waals surface area contributed by atoms with Gasteiger partial charge in [0.05, 0.1) is 11.1 Å². The Labute approximate surface area is 216 Å². The third kappa shape index (κ3) is 4.51. The zero-order valence-electron chi connectivity index (χ0n) is 21.5. The molecule has 0 saturated heterocycles. The number of Topliss-reactive ketones (excluding diaryl/α,β-unsaturated/α-hetero) is 1. The monoisotopic (exact) mass is 544 g/mol. The van der Waals surface area contributed by atoms with E-state index >= 15 is 13.2 Å². The summed E-state index contributed by atoms with van der Waals surface area (Å²) in [5, 5.41) is 1.73. The fourth-order valence-electron chi connectivity index (χ4n) is 6.13. The molecule has 5 nitrogen and oxygen atoms in total. The van der Waals surface area contributed by atoms with Crippen LogP contribution in [-0.4, -0.2) is 40.3 Å². The normalized spacial score (nSPS) is 29.9. The molecule has 1 aromatic carbocycles. The first-order valence-electron chi connectivity index (χ1n) is 12.6. The van der Waals surface area contributed by atoms with Gasteiger partial charge in [0.25, 0.3) is 11.8 Å². The number of rotatable bonds is 3. The molecule has 1 saturated carbocycles. The molecule has 1 N–H and O–H groups in total. The maximum Gasteiger partial charge on any atom is 0.425 e. The average molecular weight is 545 g/mol. The van der Waals surface area contributed by atoms with E-state index < -0.39 is 63.6 Å². The Hall–Kier alpha value is -2.85. The first-order chi connectivity index (χ1) is 17.4. The number of carbonyl (C=O) groups excluding carboxylic acids is 3. The second kappa shape index (κ2) is 9.12. The van der Waals surface area contributed by atoms with Crippen molar-refractivity contribution in [2.24, 2.45) is 17.3 Å². The number of halogens is 6. The van der Waals surface area contributed by atoms with Crippen molar-refractivity contribution >= 4 is 17.6 Å². The van der Waals surface area contributed by atoms with Crippen LogP contribution in [0.4, 0.5) is 26.3 Å². The summed E-state index contributed by atoms with van der Waals surface area (Å²) in [6.45, 7) is 7.25. The molecule has 4 atom stereocenters. The molecule has 1 aromatic rings. The molecule has 2 amide bonds. The highest BCUT2D eigenvalue weighted by molar-refractivity contribution is 6.14. The van der Waals surface area contributed by atoms with Crippen LogP contribution < -0.4 is 5.32 Å². The Morgan fingerprint density at radius 1 is 1.03 bits per heavy atom. The van der Waals surface area contributed by atoms with Gasteiger partial charge in [-0.25, -0.2) is 0 Å². The van der Waals surface area contributed by atoms with E-state index in [9.17, 15) is 27.6 Å². The van der Waals surface area contributed by atoms with Gasteiger partial charge < -0.3 is 10.2 Å². The van der Waals surface area contributed by atoms with Crippen LogP contribution in [0.1, 0.15) is 75.7 Å². The maximum atomic E-state index is 15.0. The molecule has 0 spiro atoms. The van der Waals surface area contributed by atoms with Crippen molar-refractivity contribution in [2.45, 2.75) is 83.7 Å². The van der Waals surface area contributed by atoms with Crippen LogP contribution in [0.15, 0.2) is 35.5 Å². The van der Waals surface area contributed by atoms with E-state index in [-0.39, 0.29) is 30.4 Å². The van der Waals surface area contributed by atoms with Crippen molar-refractivity contribution in [3.8, 4) is 0 Å². The number of carbonyl (C=O) groups is 3. The molecule has 2 aliphatic carbocycles. The number of allylic oxidation sites excluding steroid dienone is 1. The molecule has 1 fully saturated rings. The molecule has 0 bridgehead atoms.